The van der Waals surface area contributed by atoms with E-state index in [4.69, 9.17) is 5.73 Å². The van der Waals surface area contributed by atoms with Crippen molar-refractivity contribution in [1.29, 1.82) is 0 Å². The van der Waals surface area contributed by atoms with Gasteiger partial charge in [-0.2, -0.15) is 0 Å². The third-order valence-corrected chi connectivity index (χ3v) is 2.23. The van der Waals surface area contributed by atoms with Crippen LogP contribution in [0.4, 0.5) is 0 Å². The minimum atomic E-state index is 0.169. The molecule has 3 nitrogen and oxygen atoms in total. The molecule has 78 valence electrons. The summed E-state index contributed by atoms with van der Waals surface area (Å²) in [6.45, 7) is 3.61. The van der Waals surface area contributed by atoms with E-state index in [1.807, 2.05) is 25.1 Å². The Kier molecular flexibility index (Phi) is 4.43. The van der Waals surface area contributed by atoms with Gasteiger partial charge < -0.3 is 16.2 Å². The Morgan fingerprint density at radius 3 is 2.79 bits per heavy atom. The lowest BCUT2D eigenvalue weighted by molar-refractivity contribution is 0.452. The highest BCUT2D eigenvalue weighted by Gasteiger charge is 2.07. The molecule has 0 aromatic heterocycles. The maximum atomic E-state index is 9.57. The molecule has 0 aliphatic heterocycles. The Labute approximate surface area is 84.9 Å². The Morgan fingerprint density at radius 1 is 1.43 bits per heavy atom. The molecule has 0 saturated carbocycles. The minimum absolute atomic E-state index is 0.169. The number of benzene rings is 1. The number of phenolic OH excluding ortho intramolecular Hbond substituents is 1. The van der Waals surface area contributed by atoms with Gasteiger partial charge in [0.1, 0.15) is 5.75 Å². The number of rotatable bonds is 5. The Hall–Kier alpha value is -1.06. The van der Waals surface area contributed by atoms with Crippen LogP contribution in [0.5, 0.6) is 5.75 Å². The second kappa shape index (κ2) is 5.62. The number of nitrogens with one attached hydrogen (secondary N) is 1. The van der Waals surface area contributed by atoms with Crippen molar-refractivity contribution in [3.05, 3.63) is 29.8 Å². The molecule has 0 spiro atoms. The second-order valence-corrected chi connectivity index (χ2v) is 3.38. The number of hydrogen-bond donors (Lipinski definition) is 3. The van der Waals surface area contributed by atoms with Crippen LogP contribution in [0.2, 0.25) is 0 Å². The van der Waals surface area contributed by atoms with E-state index < -0.39 is 0 Å². The van der Waals surface area contributed by atoms with Gasteiger partial charge >= 0.3 is 0 Å². The molecule has 0 aliphatic carbocycles. The van der Waals surface area contributed by atoms with Crippen molar-refractivity contribution in [3.8, 4) is 5.75 Å². The summed E-state index contributed by atoms with van der Waals surface area (Å²) in [5.74, 6) is 0.347. The fraction of sp³-hybridized carbons (Fsp3) is 0.455. The average Bonchev–Trinajstić information content (AvgIpc) is 2.18. The van der Waals surface area contributed by atoms with E-state index in [2.05, 4.69) is 5.32 Å². The third kappa shape index (κ3) is 3.01. The molecule has 3 heteroatoms. The molecule has 1 rings (SSSR count). The van der Waals surface area contributed by atoms with Crippen molar-refractivity contribution in [3.63, 3.8) is 0 Å². The normalized spacial score (nSPS) is 12.7. The van der Waals surface area contributed by atoms with Crippen LogP contribution in [-0.4, -0.2) is 18.2 Å². The van der Waals surface area contributed by atoms with Crippen LogP contribution in [0.25, 0.3) is 0 Å². The Bertz CT molecular complexity index is 276. The molecule has 0 saturated heterocycles. The smallest absolute Gasteiger partial charge is 0.120 e. The van der Waals surface area contributed by atoms with Gasteiger partial charge in [0.2, 0.25) is 0 Å². The van der Waals surface area contributed by atoms with Gasteiger partial charge in [0.15, 0.2) is 0 Å². The topological polar surface area (TPSA) is 58.3 Å². The molecule has 14 heavy (non-hydrogen) atoms. The van der Waals surface area contributed by atoms with Crippen LogP contribution in [0.15, 0.2) is 24.3 Å². The van der Waals surface area contributed by atoms with E-state index in [1.54, 1.807) is 6.07 Å². The lowest BCUT2D eigenvalue weighted by atomic mass is 10.1. The summed E-state index contributed by atoms with van der Waals surface area (Å²) in [4.78, 5) is 0. The van der Waals surface area contributed by atoms with Crippen molar-refractivity contribution in [2.24, 2.45) is 5.73 Å². The number of aromatic hydroxyl groups is 1. The summed E-state index contributed by atoms with van der Waals surface area (Å²) < 4.78 is 0. The molecular weight excluding hydrogens is 176 g/mol. The molecule has 4 N–H and O–H groups in total. The van der Waals surface area contributed by atoms with Crippen molar-refractivity contribution in [2.75, 3.05) is 13.1 Å². The zero-order valence-electron chi connectivity index (χ0n) is 8.53. The molecule has 0 radical (unpaired) electrons. The van der Waals surface area contributed by atoms with Gasteiger partial charge in [-0.25, -0.2) is 0 Å². The molecule has 0 amide bonds. The van der Waals surface area contributed by atoms with Gasteiger partial charge in [-0.1, -0.05) is 18.2 Å². The van der Waals surface area contributed by atoms with E-state index in [0.717, 1.165) is 18.5 Å². The first-order valence-corrected chi connectivity index (χ1v) is 4.97. The molecule has 0 fully saturated rings. The van der Waals surface area contributed by atoms with Gasteiger partial charge in [-0.15, -0.1) is 0 Å². The Balaban J connectivity index is 2.51. The van der Waals surface area contributed by atoms with Crippen LogP contribution in [0.1, 0.15) is 24.9 Å². The first kappa shape index (κ1) is 11.0. The minimum Gasteiger partial charge on any atom is -0.508 e. The highest BCUT2D eigenvalue weighted by atomic mass is 16.3. The van der Waals surface area contributed by atoms with Crippen LogP contribution < -0.4 is 11.1 Å². The monoisotopic (exact) mass is 194 g/mol. The number of para-hydroxylation sites is 1. The zero-order chi connectivity index (χ0) is 10.4. The van der Waals surface area contributed by atoms with Crippen molar-refractivity contribution in [1.82, 2.24) is 5.32 Å². The number of phenols is 1. The highest BCUT2D eigenvalue weighted by Crippen LogP contribution is 2.22. The summed E-state index contributed by atoms with van der Waals surface area (Å²) in [7, 11) is 0. The summed E-state index contributed by atoms with van der Waals surface area (Å²) in [6, 6.07) is 7.55. The van der Waals surface area contributed by atoms with E-state index in [1.165, 1.54) is 0 Å². The molecule has 1 aromatic rings. The van der Waals surface area contributed by atoms with Gasteiger partial charge in [0.25, 0.3) is 0 Å². The Morgan fingerprint density at radius 2 is 2.14 bits per heavy atom. The largest absolute Gasteiger partial charge is 0.508 e. The van der Waals surface area contributed by atoms with Crippen molar-refractivity contribution >= 4 is 0 Å². The predicted octanol–water partition coefficient (Wildman–Crippen LogP) is 1.39. The van der Waals surface area contributed by atoms with E-state index in [-0.39, 0.29) is 6.04 Å². The standard InChI is InChI=1S/C11H18N2O/c1-9(13-8-4-7-12)10-5-2-3-6-11(10)14/h2-3,5-6,9,13-14H,4,7-8,12H2,1H3. The molecular formula is C11H18N2O. The van der Waals surface area contributed by atoms with Crippen LogP contribution in [0.3, 0.4) is 0 Å². The van der Waals surface area contributed by atoms with Gasteiger partial charge in [0, 0.05) is 11.6 Å². The van der Waals surface area contributed by atoms with Crippen LogP contribution in [0, 0.1) is 0 Å². The van der Waals surface area contributed by atoms with Gasteiger partial charge in [0.05, 0.1) is 0 Å². The summed E-state index contributed by atoms with van der Waals surface area (Å²) in [5.41, 5.74) is 6.33. The second-order valence-electron chi connectivity index (χ2n) is 3.38. The number of nitrogens with two attached hydrogens (primary N) is 1. The molecule has 0 heterocycles. The van der Waals surface area contributed by atoms with Crippen LogP contribution in [-0.2, 0) is 0 Å². The predicted molar refractivity (Wildman–Crippen MR) is 58.2 cm³/mol. The maximum Gasteiger partial charge on any atom is 0.120 e. The summed E-state index contributed by atoms with van der Waals surface area (Å²) in [6.07, 6.45) is 0.956. The maximum absolute atomic E-state index is 9.57. The fourth-order valence-electron chi connectivity index (χ4n) is 1.38. The quantitative estimate of drug-likeness (QED) is 0.621. The van der Waals surface area contributed by atoms with E-state index >= 15 is 0 Å². The van der Waals surface area contributed by atoms with E-state index in [9.17, 15) is 5.11 Å². The third-order valence-electron chi connectivity index (χ3n) is 2.23. The number of hydrogen-bond acceptors (Lipinski definition) is 3. The van der Waals surface area contributed by atoms with Crippen LogP contribution >= 0.6 is 0 Å². The summed E-state index contributed by atoms with van der Waals surface area (Å²) in [5, 5.41) is 12.9. The average molecular weight is 194 g/mol. The zero-order valence-corrected chi connectivity index (χ0v) is 8.53. The van der Waals surface area contributed by atoms with Gasteiger partial charge in [-0.05, 0) is 32.5 Å². The highest BCUT2D eigenvalue weighted by molar-refractivity contribution is 5.33. The lowest BCUT2D eigenvalue weighted by Gasteiger charge is -2.14. The molecule has 0 aliphatic rings. The molecule has 0 bridgehead atoms. The molecule has 1 aromatic carbocycles. The summed E-state index contributed by atoms with van der Waals surface area (Å²) >= 11 is 0. The first-order chi connectivity index (χ1) is 6.75. The molecule has 1 atom stereocenters. The van der Waals surface area contributed by atoms with Gasteiger partial charge in [-0.3, -0.25) is 0 Å². The lowest BCUT2D eigenvalue weighted by Crippen LogP contribution is -2.21. The van der Waals surface area contributed by atoms with E-state index in [0.29, 0.717) is 12.3 Å². The SMILES string of the molecule is CC(NCCCN)c1ccccc1O. The van der Waals surface area contributed by atoms with Crippen molar-refractivity contribution in [2.45, 2.75) is 19.4 Å². The first-order valence-electron chi connectivity index (χ1n) is 4.97. The fourth-order valence-corrected chi connectivity index (χ4v) is 1.38. The van der Waals surface area contributed by atoms with Crippen molar-refractivity contribution < 1.29 is 5.11 Å². The molecule has 1 unspecified atom stereocenters.